The molecule has 194 valence electrons. The van der Waals surface area contributed by atoms with Crippen LogP contribution in [0.5, 0.6) is 17.2 Å². The number of nitrogens with zero attached hydrogens (tertiary/aromatic N) is 1. The molecule has 3 aromatic carbocycles. The van der Waals surface area contributed by atoms with Crippen molar-refractivity contribution in [3.05, 3.63) is 97.8 Å². The first-order valence-corrected chi connectivity index (χ1v) is 13.5. The van der Waals surface area contributed by atoms with Crippen LogP contribution in [-0.2, 0) is 6.54 Å². The van der Waals surface area contributed by atoms with Crippen LogP contribution in [-0.4, -0.2) is 24.2 Å². The third-order valence-electron chi connectivity index (χ3n) is 6.93. The fourth-order valence-corrected chi connectivity index (χ4v) is 5.39. The Morgan fingerprint density at radius 1 is 0.974 bits per heavy atom. The lowest BCUT2D eigenvalue weighted by atomic mass is 9.98. The highest BCUT2D eigenvalue weighted by Crippen LogP contribution is 2.41. The van der Waals surface area contributed by atoms with Crippen LogP contribution in [0.3, 0.4) is 0 Å². The smallest absolute Gasteiger partial charge is 0.291 e. The van der Waals surface area contributed by atoms with E-state index in [0.29, 0.717) is 34.6 Å². The van der Waals surface area contributed by atoms with E-state index in [2.05, 4.69) is 22.9 Å². The number of unbranched alkanes of at least 4 members (excludes halogenated alkanes) is 2. The van der Waals surface area contributed by atoms with Crippen molar-refractivity contribution in [3.8, 4) is 17.2 Å². The van der Waals surface area contributed by atoms with E-state index in [0.717, 1.165) is 40.6 Å². The van der Waals surface area contributed by atoms with Crippen molar-refractivity contribution in [1.82, 2.24) is 4.90 Å². The summed E-state index contributed by atoms with van der Waals surface area (Å²) in [6, 6.07) is 17.8. The molecule has 8 heteroatoms. The standard InChI is InChI=1S/C30H26BrNO6/c1-2-3-4-13-35-21-9-6-19(7-10-21)27-26-28(33)22-15-20(31)8-12-23(22)38-29(26)30(34)32(27)16-18-5-11-24-25(14-18)37-17-36-24/h5-12,14-15,27H,2-4,13,16-17H2,1H3. The van der Waals surface area contributed by atoms with Crippen LogP contribution in [0.4, 0.5) is 0 Å². The van der Waals surface area contributed by atoms with E-state index in [1.54, 1.807) is 23.1 Å². The first kappa shape index (κ1) is 24.6. The Balaban J connectivity index is 1.41. The van der Waals surface area contributed by atoms with Gasteiger partial charge in [0.2, 0.25) is 12.6 Å². The van der Waals surface area contributed by atoms with Crippen molar-refractivity contribution < 1.29 is 23.4 Å². The lowest BCUT2D eigenvalue weighted by Gasteiger charge is -2.25. The Kier molecular flexibility index (Phi) is 6.57. The summed E-state index contributed by atoms with van der Waals surface area (Å²) in [5.74, 6) is 1.81. The van der Waals surface area contributed by atoms with Gasteiger partial charge in [0.1, 0.15) is 11.3 Å². The molecule has 0 saturated carbocycles. The van der Waals surface area contributed by atoms with Crippen LogP contribution in [0.2, 0.25) is 0 Å². The molecule has 0 N–H and O–H groups in total. The average molecular weight is 576 g/mol. The Morgan fingerprint density at radius 2 is 1.79 bits per heavy atom. The van der Waals surface area contributed by atoms with Crippen LogP contribution in [0.1, 0.15) is 59.5 Å². The van der Waals surface area contributed by atoms with Crippen molar-refractivity contribution in [2.75, 3.05) is 13.4 Å². The highest BCUT2D eigenvalue weighted by Gasteiger charge is 2.42. The van der Waals surface area contributed by atoms with Crippen molar-refractivity contribution in [2.24, 2.45) is 0 Å². The molecule has 1 atom stereocenters. The second-order valence-corrected chi connectivity index (χ2v) is 10.4. The molecule has 7 nitrogen and oxygen atoms in total. The van der Waals surface area contributed by atoms with Crippen molar-refractivity contribution in [3.63, 3.8) is 0 Å². The molecule has 0 aliphatic carbocycles. The minimum atomic E-state index is -0.614. The summed E-state index contributed by atoms with van der Waals surface area (Å²) >= 11 is 3.44. The van der Waals surface area contributed by atoms with Crippen LogP contribution in [0.25, 0.3) is 11.0 Å². The summed E-state index contributed by atoms with van der Waals surface area (Å²) in [4.78, 5) is 29.2. The van der Waals surface area contributed by atoms with Crippen LogP contribution in [0.15, 0.2) is 74.3 Å². The van der Waals surface area contributed by atoms with E-state index >= 15 is 0 Å². The number of ether oxygens (including phenoxy) is 3. The first-order chi connectivity index (χ1) is 18.5. The molecule has 4 aromatic rings. The highest BCUT2D eigenvalue weighted by molar-refractivity contribution is 9.10. The van der Waals surface area contributed by atoms with Crippen molar-refractivity contribution in [1.29, 1.82) is 0 Å². The third kappa shape index (κ3) is 4.43. The van der Waals surface area contributed by atoms with Crippen LogP contribution >= 0.6 is 15.9 Å². The van der Waals surface area contributed by atoms with Gasteiger partial charge >= 0.3 is 0 Å². The van der Waals surface area contributed by atoms with E-state index in [-0.39, 0.29) is 30.4 Å². The topological polar surface area (TPSA) is 78.2 Å². The Labute approximate surface area is 228 Å². The minimum Gasteiger partial charge on any atom is -0.494 e. The SMILES string of the molecule is CCCCCOc1ccc(C2c3c(oc4ccc(Br)cc4c3=O)C(=O)N2Cc2ccc3c(c2)OCO3)cc1. The molecule has 0 bridgehead atoms. The second kappa shape index (κ2) is 10.2. The van der Waals surface area contributed by atoms with Gasteiger partial charge in [-0.25, -0.2) is 0 Å². The molecular formula is C30H26BrNO6. The molecule has 3 heterocycles. The van der Waals surface area contributed by atoms with Gasteiger partial charge in [-0.15, -0.1) is 0 Å². The molecule has 38 heavy (non-hydrogen) atoms. The molecule has 0 fully saturated rings. The maximum atomic E-state index is 13.8. The third-order valence-corrected chi connectivity index (χ3v) is 7.42. The largest absolute Gasteiger partial charge is 0.494 e. The quantitative estimate of drug-likeness (QED) is 0.220. The van der Waals surface area contributed by atoms with E-state index in [4.69, 9.17) is 18.6 Å². The second-order valence-electron chi connectivity index (χ2n) is 9.46. The number of benzene rings is 3. The van der Waals surface area contributed by atoms with E-state index in [9.17, 15) is 9.59 Å². The van der Waals surface area contributed by atoms with Gasteiger partial charge in [0.25, 0.3) is 5.91 Å². The molecular weight excluding hydrogens is 550 g/mol. The molecule has 0 spiro atoms. The number of halogens is 1. The summed E-state index contributed by atoms with van der Waals surface area (Å²) in [6.45, 7) is 3.24. The van der Waals surface area contributed by atoms with Crippen molar-refractivity contribution in [2.45, 2.75) is 38.8 Å². The maximum absolute atomic E-state index is 13.8. The zero-order valence-corrected chi connectivity index (χ0v) is 22.5. The predicted molar refractivity (Wildman–Crippen MR) is 146 cm³/mol. The fraction of sp³-hybridized carbons (Fsp3) is 0.267. The number of hydrogen-bond acceptors (Lipinski definition) is 6. The molecule has 6 rings (SSSR count). The Morgan fingerprint density at radius 3 is 2.61 bits per heavy atom. The normalized spacial score (nSPS) is 15.8. The van der Waals surface area contributed by atoms with E-state index in [1.807, 2.05) is 42.5 Å². The number of hydrogen-bond donors (Lipinski definition) is 0. The zero-order chi connectivity index (χ0) is 26.2. The monoisotopic (exact) mass is 575 g/mol. The van der Waals surface area contributed by atoms with Gasteiger partial charge in [-0.05, 0) is 60.0 Å². The average Bonchev–Trinajstić information content (AvgIpc) is 3.50. The summed E-state index contributed by atoms with van der Waals surface area (Å²) < 4.78 is 23.7. The van der Waals surface area contributed by atoms with Gasteiger partial charge in [-0.2, -0.15) is 0 Å². The number of rotatable bonds is 8. The minimum absolute atomic E-state index is 0.0791. The van der Waals surface area contributed by atoms with Gasteiger partial charge in [0.05, 0.1) is 23.6 Å². The lowest BCUT2D eigenvalue weighted by Crippen LogP contribution is -2.29. The molecule has 2 aliphatic heterocycles. The lowest BCUT2D eigenvalue weighted by molar-refractivity contribution is 0.0714. The van der Waals surface area contributed by atoms with Crippen LogP contribution < -0.4 is 19.6 Å². The van der Waals surface area contributed by atoms with E-state index in [1.165, 1.54) is 0 Å². The predicted octanol–water partition coefficient (Wildman–Crippen LogP) is 6.60. The maximum Gasteiger partial charge on any atom is 0.291 e. The number of carbonyl (C=O) groups excluding carboxylic acids is 1. The molecule has 1 unspecified atom stereocenters. The highest BCUT2D eigenvalue weighted by atomic mass is 79.9. The van der Waals surface area contributed by atoms with Gasteiger partial charge < -0.3 is 23.5 Å². The van der Waals surface area contributed by atoms with Gasteiger partial charge in [-0.1, -0.05) is 53.9 Å². The summed E-state index contributed by atoms with van der Waals surface area (Å²) in [7, 11) is 0. The molecule has 2 aliphatic rings. The zero-order valence-electron chi connectivity index (χ0n) is 20.9. The number of fused-ring (bicyclic) bond motifs is 3. The van der Waals surface area contributed by atoms with Gasteiger partial charge in [0, 0.05) is 11.0 Å². The summed E-state index contributed by atoms with van der Waals surface area (Å²) in [5.41, 5.74) is 2.17. The van der Waals surface area contributed by atoms with Gasteiger partial charge in [0.15, 0.2) is 16.9 Å². The van der Waals surface area contributed by atoms with E-state index < -0.39 is 6.04 Å². The van der Waals surface area contributed by atoms with Crippen molar-refractivity contribution >= 4 is 32.8 Å². The van der Waals surface area contributed by atoms with Gasteiger partial charge in [-0.3, -0.25) is 9.59 Å². The molecule has 1 amide bonds. The number of amides is 1. The Bertz CT molecular complexity index is 1580. The Hall–Kier alpha value is -3.78. The summed E-state index contributed by atoms with van der Waals surface area (Å²) in [6.07, 6.45) is 3.24. The molecule has 0 saturated heterocycles. The molecule has 0 radical (unpaired) electrons. The van der Waals surface area contributed by atoms with Crippen LogP contribution in [0, 0.1) is 0 Å². The number of carbonyl (C=O) groups is 1. The fourth-order valence-electron chi connectivity index (χ4n) is 5.03. The molecule has 1 aromatic heterocycles. The summed E-state index contributed by atoms with van der Waals surface area (Å²) in [5, 5.41) is 0.428. The first-order valence-electron chi connectivity index (χ1n) is 12.7.